The first-order valence-corrected chi connectivity index (χ1v) is 6.62. The molecule has 18 heavy (non-hydrogen) atoms. The monoisotopic (exact) mass is 238 g/mol. The van der Waals surface area contributed by atoms with Crippen molar-refractivity contribution in [2.75, 3.05) is 0 Å². The van der Waals surface area contributed by atoms with Gasteiger partial charge < -0.3 is 5.11 Å². The number of hydrogen-bond acceptors (Lipinski definition) is 1. The van der Waals surface area contributed by atoms with Gasteiger partial charge in [0, 0.05) is 0 Å². The van der Waals surface area contributed by atoms with Crippen LogP contribution >= 0.6 is 0 Å². The zero-order chi connectivity index (χ0) is 12.5. The third-order valence-electron chi connectivity index (χ3n) is 3.78. The summed E-state index contributed by atoms with van der Waals surface area (Å²) in [5.41, 5.74) is 6.24. The van der Waals surface area contributed by atoms with Crippen LogP contribution in [0.25, 0.3) is 11.1 Å². The Labute approximate surface area is 108 Å². The molecule has 2 aromatic carbocycles. The maximum Gasteiger partial charge on any atom is 0.0792 e. The molecular weight excluding hydrogens is 220 g/mol. The average Bonchev–Trinajstić information content (AvgIpc) is 2.39. The van der Waals surface area contributed by atoms with E-state index in [2.05, 4.69) is 49.4 Å². The highest BCUT2D eigenvalue weighted by Crippen LogP contribution is 2.32. The van der Waals surface area contributed by atoms with Gasteiger partial charge in [-0.2, -0.15) is 0 Å². The van der Waals surface area contributed by atoms with Crippen LogP contribution in [0.15, 0.2) is 42.5 Å². The fourth-order valence-corrected chi connectivity index (χ4v) is 2.79. The van der Waals surface area contributed by atoms with Gasteiger partial charge in [0.2, 0.25) is 0 Å². The van der Waals surface area contributed by atoms with Gasteiger partial charge in [0.1, 0.15) is 0 Å². The molecule has 0 aromatic heterocycles. The molecule has 0 saturated carbocycles. The molecule has 0 bridgehead atoms. The molecule has 1 nitrogen and oxygen atoms in total. The fraction of sp³-hybridized carbons (Fsp3) is 0.294. The lowest BCUT2D eigenvalue weighted by molar-refractivity contribution is 0.156. The van der Waals surface area contributed by atoms with Crippen LogP contribution in [0, 0.1) is 6.92 Å². The molecule has 0 heterocycles. The Morgan fingerprint density at radius 3 is 2.72 bits per heavy atom. The van der Waals surface area contributed by atoms with Crippen LogP contribution in [0.5, 0.6) is 0 Å². The van der Waals surface area contributed by atoms with E-state index in [0.717, 1.165) is 24.8 Å². The van der Waals surface area contributed by atoms with Crippen molar-refractivity contribution in [1.82, 2.24) is 0 Å². The minimum absolute atomic E-state index is 0.264. The topological polar surface area (TPSA) is 20.2 Å². The summed E-state index contributed by atoms with van der Waals surface area (Å²) in [6, 6.07) is 15.0. The van der Waals surface area contributed by atoms with E-state index in [1.807, 2.05) is 0 Å². The average molecular weight is 238 g/mol. The second kappa shape index (κ2) is 4.58. The van der Waals surface area contributed by atoms with Crippen LogP contribution in [-0.4, -0.2) is 5.11 Å². The largest absolute Gasteiger partial charge is 0.388 e. The molecule has 92 valence electrons. The smallest absolute Gasteiger partial charge is 0.0792 e. The Morgan fingerprint density at radius 1 is 1.06 bits per heavy atom. The van der Waals surface area contributed by atoms with E-state index in [4.69, 9.17) is 0 Å². The van der Waals surface area contributed by atoms with Gasteiger partial charge in [0.15, 0.2) is 0 Å². The van der Waals surface area contributed by atoms with Crippen molar-refractivity contribution in [2.24, 2.45) is 0 Å². The molecule has 0 spiro atoms. The highest BCUT2D eigenvalue weighted by Gasteiger charge is 2.17. The molecule has 0 saturated heterocycles. The summed E-state index contributed by atoms with van der Waals surface area (Å²) in [5.74, 6) is 0. The molecule has 1 aliphatic rings. The van der Waals surface area contributed by atoms with Crippen molar-refractivity contribution in [2.45, 2.75) is 32.3 Å². The van der Waals surface area contributed by atoms with Crippen molar-refractivity contribution in [3.63, 3.8) is 0 Å². The van der Waals surface area contributed by atoms with Gasteiger partial charge in [0.25, 0.3) is 0 Å². The van der Waals surface area contributed by atoms with E-state index in [9.17, 15) is 5.11 Å². The van der Waals surface area contributed by atoms with Crippen LogP contribution in [-0.2, 0) is 6.42 Å². The van der Waals surface area contributed by atoms with Gasteiger partial charge in [-0.05, 0) is 48.4 Å². The summed E-state index contributed by atoms with van der Waals surface area (Å²) in [6.07, 6.45) is 2.81. The third kappa shape index (κ3) is 2.06. The highest BCUT2D eigenvalue weighted by atomic mass is 16.3. The standard InChI is InChI=1S/C17H18O/c1-12-4-2-5-13(10-12)14-8-9-16-15(11-14)6-3-7-17(16)18/h2,4-5,8-11,17-18H,3,6-7H2,1H3/t17-/m0/s1. The molecular formula is C17H18O. The molecule has 0 aliphatic heterocycles. The quantitative estimate of drug-likeness (QED) is 0.795. The lowest BCUT2D eigenvalue weighted by Crippen LogP contribution is -2.08. The second-order valence-corrected chi connectivity index (χ2v) is 5.19. The number of benzene rings is 2. The predicted octanol–water partition coefficient (Wildman–Crippen LogP) is 4.03. The van der Waals surface area contributed by atoms with E-state index in [0.29, 0.717) is 0 Å². The zero-order valence-electron chi connectivity index (χ0n) is 10.7. The summed E-state index contributed by atoms with van der Waals surface area (Å²) in [6.45, 7) is 2.12. The van der Waals surface area contributed by atoms with E-state index < -0.39 is 0 Å². The lowest BCUT2D eigenvalue weighted by Gasteiger charge is -2.22. The normalized spacial score (nSPS) is 18.4. The molecule has 0 fully saturated rings. The number of aryl methyl sites for hydroxylation is 2. The number of aliphatic hydroxyl groups is 1. The van der Waals surface area contributed by atoms with Crippen molar-refractivity contribution in [3.05, 3.63) is 59.2 Å². The summed E-state index contributed by atoms with van der Waals surface area (Å²) in [5, 5.41) is 9.97. The highest BCUT2D eigenvalue weighted by molar-refractivity contribution is 5.66. The molecule has 0 unspecified atom stereocenters. The molecule has 1 atom stereocenters. The summed E-state index contributed by atoms with van der Waals surface area (Å²) >= 11 is 0. The predicted molar refractivity (Wildman–Crippen MR) is 74.5 cm³/mol. The fourth-order valence-electron chi connectivity index (χ4n) is 2.79. The maximum atomic E-state index is 9.97. The van der Waals surface area contributed by atoms with Gasteiger partial charge in [-0.25, -0.2) is 0 Å². The number of hydrogen-bond donors (Lipinski definition) is 1. The van der Waals surface area contributed by atoms with Crippen LogP contribution in [0.3, 0.4) is 0 Å². The zero-order valence-corrected chi connectivity index (χ0v) is 10.7. The Morgan fingerprint density at radius 2 is 1.89 bits per heavy atom. The molecule has 1 heteroatoms. The van der Waals surface area contributed by atoms with E-state index >= 15 is 0 Å². The Balaban J connectivity index is 2.04. The lowest BCUT2D eigenvalue weighted by atomic mass is 9.87. The van der Waals surface area contributed by atoms with Crippen molar-refractivity contribution in [3.8, 4) is 11.1 Å². The molecule has 1 N–H and O–H groups in total. The Kier molecular flexibility index (Phi) is 2.92. The molecule has 1 aliphatic carbocycles. The van der Waals surface area contributed by atoms with Crippen LogP contribution < -0.4 is 0 Å². The van der Waals surface area contributed by atoms with Gasteiger partial charge in [-0.3, -0.25) is 0 Å². The van der Waals surface area contributed by atoms with Crippen LogP contribution in [0.1, 0.15) is 35.6 Å². The maximum absolute atomic E-state index is 9.97. The van der Waals surface area contributed by atoms with Crippen LogP contribution in [0.2, 0.25) is 0 Å². The van der Waals surface area contributed by atoms with Gasteiger partial charge in [-0.15, -0.1) is 0 Å². The van der Waals surface area contributed by atoms with Gasteiger partial charge in [0.05, 0.1) is 6.10 Å². The summed E-state index contributed by atoms with van der Waals surface area (Å²) < 4.78 is 0. The minimum Gasteiger partial charge on any atom is -0.388 e. The first kappa shape index (κ1) is 11.5. The summed E-state index contributed by atoms with van der Waals surface area (Å²) in [7, 11) is 0. The SMILES string of the molecule is Cc1cccc(-c2ccc3c(c2)CCC[C@@H]3O)c1. The first-order valence-electron chi connectivity index (χ1n) is 6.62. The van der Waals surface area contributed by atoms with E-state index in [-0.39, 0.29) is 6.10 Å². The van der Waals surface area contributed by atoms with Crippen LogP contribution in [0.4, 0.5) is 0 Å². The van der Waals surface area contributed by atoms with Gasteiger partial charge >= 0.3 is 0 Å². The number of fused-ring (bicyclic) bond motifs is 1. The van der Waals surface area contributed by atoms with E-state index in [1.165, 1.54) is 22.3 Å². The Hall–Kier alpha value is -1.60. The molecule has 0 amide bonds. The number of aliphatic hydroxyl groups excluding tert-OH is 1. The Bertz CT molecular complexity index is 572. The van der Waals surface area contributed by atoms with Gasteiger partial charge in [-0.1, -0.05) is 48.0 Å². The molecule has 0 radical (unpaired) electrons. The summed E-state index contributed by atoms with van der Waals surface area (Å²) in [4.78, 5) is 0. The third-order valence-corrected chi connectivity index (χ3v) is 3.78. The van der Waals surface area contributed by atoms with E-state index in [1.54, 1.807) is 0 Å². The van der Waals surface area contributed by atoms with Crippen molar-refractivity contribution in [1.29, 1.82) is 0 Å². The first-order chi connectivity index (χ1) is 8.74. The van der Waals surface area contributed by atoms with Crippen molar-refractivity contribution < 1.29 is 5.11 Å². The molecule has 3 rings (SSSR count). The molecule has 2 aromatic rings. The second-order valence-electron chi connectivity index (χ2n) is 5.19. The number of rotatable bonds is 1. The van der Waals surface area contributed by atoms with Crippen molar-refractivity contribution >= 4 is 0 Å². The minimum atomic E-state index is -0.264.